The number of hydrogen-bond acceptors (Lipinski definition) is 2. The van der Waals surface area contributed by atoms with Gasteiger partial charge in [-0.1, -0.05) is 12.2 Å². The van der Waals surface area contributed by atoms with Crippen molar-refractivity contribution in [3.05, 3.63) is 30.5 Å². The number of ether oxygens (including phenoxy) is 1. The van der Waals surface area contributed by atoms with Gasteiger partial charge in [0.15, 0.2) is 0 Å². The van der Waals surface area contributed by atoms with Crippen molar-refractivity contribution in [2.75, 3.05) is 13.2 Å². The standard InChI is InChI=1S/C6H10O.H3NO/c1-3-5-7-6-4-2;1-2/h3-4H,1-2,5-6H2;1H3. The van der Waals surface area contributed by atoms with Gasteiger partial charge in [-0.3, -0.25) is 0 Å². The summed E-state index contributed by atoms with van der Waals surface area (Å²) in [7, 11) is 0. The summed E-state index contributed by atoms with van der Waals surface area (Å²) < 4.78 is 4.90. The lowest BCUT2D eigenvalue weighted by molar-refractivity contribution is -0.275. The van der Waals surface area contributed by atoms with E-state index in [1.807, 2.05) is 5.90 Å². The fraction of sp³-hybridized carbons (Fsp3) is 0.333. The average molecular weight is 131 g/mol. The minimum Gasteiger partial charge on any atom is -0.637 e. The van der Waals surface area contributed by atoms with Crippen LogP contribution in [-0.4, -0.2) is 13.2 Å². The van der Waals surface area contributed by atoms with Gasteiger partial charge in [-0.15, -0.1) is 13.2 Å². The lowest BCUT2D eigenvalue weighted by Gasteiger charge is -1.89. The first kappa shape index (κ1) is 11.2. The predicted octanol–water partition coefficient (Wildman–Crippen LogP) is 0.101. The lowest BCUT2D eigenvalue weighted by Crippen LogP contribution is -2.37. The third-order valence-corrected chi connectivity index (χ3v) is 0.471. The Morgan fingerprint density at radius 3 is 1.78 bits per heavy atom. The molecule has 0 aliphatic rings. The molecule has 0 amide bonds. The first-order chi connectivity index (χ1) is 4.41. The highest BCUT2D eigenvalue weighted by molar-refractivity contribution is 4.68. The van der Waals surface area contributed by atoms with Crippen LogP contribution in [0.25, 0.3) is 0 Å². The maximum atomic E-state index is 8.00. The first-order valence-electron chi connectivity index (χ1n) is 2.50. The van der Waals surface area contributed by atoms with Crippen LogP contribution in [0.5, 0.6) is 0 Å². The van der Waals surface area contributed by atoms with Crippen LogP contribution < -0.4 is 5.90 Å². The molecule has 0 saturated heterocycles. The SMILES string of the molecule is C=CCOCC=C.[NH3+][O-]. The summed E-state index contributed by atoms with van der Waals surface area (Å²) in [6.45, 7) is 8.18. The topological polar surface area (TPSA) is 59.9 Å². The van der Waals surface area contributed by atoms with Crippen LogP contribution in [0.15, 0.2) is 25.3 Å². The van der Waals surface area contributed by atoms with Gasteiger partial charge in [-0.25, -0.2) is 0 Å². The van der Waals surface area contributed by atoms with Gasteiger partial charge in [0.1, 0.15) is 0 Å². The molecule has 0 bridgehead atoms. The molecule has 3 heteroatoms. The Kier molecular flexibility index (Phi) is 19.5. The van der Waals surface area contributed by atoms with E-state index in [1.54, 1.807) is 12.2 Å². The van der Waals surface area contributed by atoms with Crippen molar-refractivity contribution in [1.29, 1.82) is 0 Å². The van der Waals surface area contributed by atoms with E-state index in [2.05, 4.69) is 13.2 Å². The molecule has 0 radical (unpaired) electrons. The summed E-state index contributed by atoms with van der Waals surface area (Å²) in [6, 6.07) is 0. The maximum absolute atomic E-state index is 8.00. The first-order valence-corrected chi connectivity index (χ1v) is 2.50. The quantitative estimate of drug-likeness (QED) is 0.334. The fourth-order valence-electron chi connectivity index (χ4n) is 0.235. The number of rotatable bonds is 4. The van der Waals surface area contributed by atoms with Crippen molar-refractivity contribution in [3.8, 4) is 0 Å². The Balaban J connectivity index is 0. The molecule has 0 unspecified atom stereocenters. The summed E-state index contributed by atoms with van der Waals surface area (Å²) in [5.41, 5.74) is 0. The maximum Gasteiger partial charge on any atom is 0.0649 e. The Morgan fingerprint density at radius 1 is 1.22 bits per heavy atom. The predicted molar refractivity (Wildman–Crippen MR) is 37.5 cm³/mol. The smallest absolute Gasteiger partial charge is 0.0649 e. The van der Waals surface area contributed by atoms with E-state index in [4.69, 9.17) is 9.94 Å². The summed E-state index contributed by atoms with van der Waals surface area (Å²) in [4.78, 5) is 0. The molecule has 0 heterocycles. The highest BCUT2D eigenvalue weighted by Gasteiger charge is 1.70. The van der Waals surface area contributed by atoms with Crippen LogP contribution in [0.2, 0.25) is 0 Å². The van der Waals surface area contributed by atoms with Crippen molar-refractivity contribution in [2.45, 2.75) is 0 Å². The third-order valence-electron chi connectivity index (χ3n) is 0.471. The largest absolute Gasteiger partial charge is 0.637 e. The molecule has 0 aromatic rings. The monoisotopic (exact) mass is 131 g/mol. The van der Waals surface area contributed by atoms with Crippen LogP contribution >= 0.6 is 0 Å². The van der Waals surface area contributed by atoms with E-state index in [0.717, 1.165) is 0 Å². The van der Waals surface area contributed by atoms with Crippen molar-refractivity contribution < 1.29 is 10.6 Å². The normalized spacial score (nSPS) is 6.89. The van der Waals surface area contributed by atoms with Crippen molar-refractivity contribution >= 4 is 0 Å². The van der Waals surface area contributed by atoms with E-state index in [-0.39, 0.29) is 0 Å². The van der Waals surface area contributed by atoms with Crippen molar-refractivity contribution in [2.24, 2.45) is 0 Å². The summed E-state index contributed by atoms with van der Waals surface area (Å²) >= 11 is 0. The molecule has 0 rings (SSSR count). The van der Waals surface area contributed by atoms with Crippen LogP contribution in [0.4, 0.5) is 0 Å². The van der Waals surface area contributed by atoms with Crippen molar-refractivity contribution in [3.63, 3.8) is 0 Å². The second-order valence-electron chi connectivity index (χ2n) is 1.11. The zero-order chi connectivity index (χ0) is 7.54. The zero-order valence-electron chi connectivity index (χ0n) is 5.51. The molecule has 0 aliphatic carbocycles. The molecule has 3 N–H and O–H groups in total. The molecule has 54 valence electrons. The minimum absolute atomic E-state index is 0.617. The minimum atomic E-state index is 0.617. The van der Waals surface area contributed by atoms with Crippen molar-refractivity contribution in [1.82, 2.24) is 0 Å². The zero-order valence-corrected chi connectivity index (χ0v) is 5.51. The van der Waals surface area contributed by atoms with Crippen LogP contribution in [0.3, 0.4) is 0 Å². The number of hydrogen-bond donors (Lipinski definition) is 1. The van der Waals surface area contributed by atoms with Gasteiger partial charge in [0.05, 0.1) is 13.2 Å². The third kappa shape index (κ3) is 18.7. The highest BCUT2D eigenvalue weighted by Crippen LogP contribution is 1.72. The second-order valence-corrected chi connectivity index (χ2v) is 1.11. The van der Waals surface area contributed by atoms with E-state index >= 15 is 0 Å². The molecule has 0 fully saturated rings. The molecular weight excluding hydrogens is 118 g/mol. The summed E-state index contributed by atoms with van der Waals surface area (Å²) in [5.74, 6) is 2.00. The van der Waals surface area contributed by atoms with Gasteiger partial charge in [-0.05, 0) is 0 Å². The molecule has 0 aromatic heterocycles. The molecule has 0 aliphatic heterocycles. The van der Waals surface area contributed by atoms with Gasteiger partial charge in [0.25, 0.3) is 0 Å². The highest BCUT2D eigenvalue weighted by atomic mass is 16.5. The van der Waals surface area contributed by atoms with Crippen LogP contribution in [0.1, 0.15) is 0 Å². The molecule has 0 spiro atoms. The van der Waals surface area contributed by atoms with E-state index in [9.17, 15) is 0 Å². The van der Waals surface area contributed by atoms with Crippen LogP contribution in [-0.2, 0) is 4.74 Å². The average Bonchev–Trinajstić information content (AvgIpc) is 1.94. The Labute approximate surface area is 55.4 Å². The Hall–Kier alpha value is -0.640. The fourth-order valence-corrected chi connectivity index (χ4v) is 0.235. The Bertz CT molecular complexity index is 56.1. The van der Waals surface area contributed by atoms with Gasteiger partial charge in [0, 0.05) is 0 Å². The van der Waals surface area contributed by atoms with Gasteiger partial charge >= 0.3 is 0 Å². The van der Waals surface area contributed by atoms with Gasteiger partial charge in [0.2, 0.25) is 0 Å². The second kappa shape index (κ2) is 15.7. The van der Waals surface area contributed by atoms with Gasteiger partial charge in [-0.2, -0.15) is 0 Å². The number of quaternary nitrogens is 1. The molecular formula is C6H13NO2. The summed E-state index contributed by atoms with van der Waals surface area (Å²) in [6.07, 6.45) is 3.42. The van der Waals surface area contributed by atoms with E-state index < -0.39 is 0 Å². The van der Waals surface area contributed by atoms with E-state index in [0.29, 0.717) is 13.2 Å². The summed E-state index contributed by atoms with van der Waals surface area (Å²) in [5, 5.41) is 8.00. The molecule has 0 saturated carbocycles. The molecule has 0 atom stereocenters. The van der Waals surface area contributed by atoms with E-state index in [1.165, 1.54) is 0 Å². The molecule has 3 nitrogen and oxygen atoms in total. The molecule has 9 heavy (non-hydrogen) atoms. The lowest BCUT2D eigenvalue weighted by atomic mass is 10.6. The van der Waals surface area contributed by atoms with Gasteiger partial charge < -0.3 is 15.8 Å². The molecule has 0 aromatic carbocycles. The Morgan fingerprint density at radius 2 is 1.56 bits per heavy atom. The van der Waals surface area contributed by atoms with Crippen LogP contribution in [0, 0.1) is 5.21 Å².